The van der Waals surface area contributed by atoms with Crippen molar-refractivity contribution in [2.75, 3.05) is 0 Å². The van der Waals surface area contributed by atoms with Crippen LogP contribution < -0.4 is 27.1 Å². The first-order valence-electron chi connectivity index (χ1n) is 10.2. The molecule has 0 bridgehead atoms. The molecule has 1 radical (unpaired) electrons. The fourth-order valence-corrected chi connectivity index (χ4v) is 9.88. The van der Waals surface area contributed by atoms with Crippen LogP contribution in [0.5, 0.6) is 0 Å². The van der Waals surface area contributed by atoms with Crippen molar-refractivity contribution in [3.63, 3.8) is 0 Å². The van der Waals surface area contributed by atoms with E-state index in [-0.39, 0.29) is 22.2 Å². The minimum atomic E-state index is -1.91. The maximum absolute atomic E-state index is 5.19. The second kappa shape index (κ2) is 14.7. The Balaban J connectivity index is 0.000000256. The Morgan fingerprint density at radius 3 is 1.53 bits per heavy atom. The molecule has 8 heteroatoms. The fourth-order valence-electron chi connectivity index (χ4n) is 3.25. The van der Waals surface area contributed by atoms with Crippen LogP contribution in [-0.2, 0) is 17.1 Å². The van der Waals surface area contributed by atoms with Crippen LogP contribution in [0.3, 0.4) is 0 Å². The topological polar surface area (TPSA) is 50.4 Å². The summed E-state index contributed by atoms with van der Waals surface area (Å²) in [6.07, 6.45) is 1.64. The smallest absolute Gasteiger partial charge is 0.184 e. The number of rotatable bonds is 5. The summed E-state index contributed by atoms with van der Waals surface area (Å²) in [5.41, 5.74) is 8.63. The first-order chi connectivity index (χ1) is 16.0. The van der Waals surface area contributed by atoms with Crippen LogP contribution in [0.25, 0.3) is 0 Å². The van der Waals surface area contributed by atoms with Gasteiger partial charge in [-0.15, -0.1) is 0 Å². The molecule has 34 heavy (non-hydrogen) atoms. The van der Waals surface area contributed by atoms with Crippen molar-refractivity contribution in [2.45, 2.75) is 0 Å². The van der Waals surface area contributed by atoms with Gasteiger partial charge < -0.3 is 5.73 Å². The molecule has 0 aliphatic heterocycles. The number of hydrogen-bond acceptors (Lipinski definition) is 2. The molecule has 0 fully saturated rings. The number of halogens is 2. The van der Waals surface area contributed by atoms with E-state index in [1.807, 2.05) is 24.3 Å². The molecule has 179 valence electrons. The zero-order valence-electron chi connectivity index (χ0n) is 18.0. The number of nitrogens with two attached hydrogens (primary N) is 1. The largest absolute Gasteiger partial charge is 0.375 e. The van der Waals surface area contributed by atoms with Gasteiger partial charge in [-0.1, -0.05) is 34.1 Å². The molecule has 4 rings (SSSR count). The van der Waals surface area contributed by atoms with Crippen molar-refractivity contribution < 1.29 is 17.1 Å². The first kappa shape index (κ1) is 28.6. The molecule has 0 saturated carbocycles. The van der Waals surface area contributed by atoms with Gasteiger partial charge >= 0.3 is 134 Å². The minimum Gasteiger partial charge on any atom is -0.375 e. The second-order valence-corrected chi connectivity index (χ2v) is 16.2. The van der Waals surface area contributed by atoms with Crippen molar-refractivity contribution in [3.8, 4) is 0 Å². The number of benzene rings is 4. The summed E-state index contributed by atoms with van der Waals surface area (Å²) < 4.78 is 0.975. The van der Waals surface area contributed by atoms with Gasteiger partial charge in [-0.2, -0.15) is 5.10 Å². The van der Waals surface area contributed by atoms with Crippen LogP contribution in [0.15, 0.2) is 125 Å². The summed E-state index contributed by atoms with van der Waals surface area (Å²) in [5.74, 6) is 0. The average molecular weight is 712 g/mol. The summed E-state index contributed by atoms with van der Waals surface area (Å²) >= 11 is 10.7. The number of nitrogens with one attached hydrogen (secondary N) is 1. The number of nitrogens with zero attached hydrogens (tertiary/aromatic N) is 1. The molecule has 3 N–H and O–H groups in total. The maximum atomic E-state index is 5.19. The van der Waals surface area contributed by atoms with Crippen molar-refractivity contribution >= 4 is 82.3 Å². The Morgan fingerprint density at radius 1 is 0.765 bits per heavy atom. The van der Waals surface area contributed by atoms with Crippen molar-refractivity contribution in [2.24, 2.45) is 10.8 Å². The number of hydrogen-bond donors (Lipinski definition) is 2. The van der Waals surface area contributed by atoms with E-state index in [9.17, 15) is 0 Å². The van der Waals surface area contributed by atoms with Crippen LogP contribution in [0.2, 0.25) is 0 Å². The molecule has 4 aromatic carbocycles. The van der Waals surface area contributed by atoms with Gasteiger partial charge in [0.2, 0.25) is 0 Å². The normalized spacial score (nSPS) is 11.0. The molecule has 0 unspecified atom stereocenters. The van der Waals surface area contributed by atoms with Crippen molar-refractivity contribution in [3.05, 3.63) is 125 Å². The summed E-state index contributed by atoms with van der Waals surface area (Å²) in [4.78, 5) is -1.91. The minimum absolute atomic E-state index is 0. The van der Waals surface area contributed by atoms with E-state index in [0.717, 1.165) is 10.0 Å². The molecule has 4 aromatic rings. The predicted octanol–water partition coefficient (Wildman–Crippen LogP) is 5.68. The predicted molar refractivity (Wildman–Crippen MR) is 162 cm³/mol. The van der Waals surface area contributed by atoms with Gasteiger partial charge in [-0.05, 0) is 18.3 Å². The molecule has 0 saturated heterocycles. The van der Waals surface area contributed by atoms with Gasteiger partial charge in [-0.25, -0.2) is 0 Å². The second-order valence-electron chi connectivity index (χ2n) is 7.01. The number of hydrazone groups is 1. The average Bonchev–Trinajstić information content (AvgIpc) is 2.86. The Morgan fingerprint density at radius 2 is 1.15 bits per heavy atom. The summed E-state index contributed by atoms with van der Waals surface area (Å²) in [6.45, 7) is 0. The van der Waals surface area contributed by atoms with E-state index >= 15 is 0 Å². The van der Waals surface area contributed by atoms with E-state index < -0.39 is 4.90 Å². The summed E-state index contributed by atoms with van der Waals surface area (Å²) in [7, 11) is 0. The van der Waals surface area contributed by atoms with Crippen LogP contribution in [0.4, 0.5) is 0 Å². The summed E-state index contributed by atoms with van der Waals surface area (Å²) in [5, 5.41) is 8.31. The monoisotopic (exact) mass is 710 g/mol. The Labute approximate surface area is 239 Å². The molecule has 0 aromatic heterocycles. The van der Waals surface area contributed by atoms with Crippen LogP contribution in [-0.4, -0.2) is 11.3 Å². The number of thiocarbonyl (C=S) groups is 1. The van der Waals surface area contributed by atoms with Gasteiger partial charge in [0.1, 0.15) is 0 Å². The SMILES string of the molecule is I[PH](c1ccccc1)(c1ccccc1)c1ccccc1.NC(=S)NN=Cc1ccccc1Br.[Cu]. The van der Waals surface area contributed by atoms with Gasteiger partial charge in [0.05, 0.1) is 6.21 Å². The first-order valence-corrected chi connectivity index (χ1v) is 16.5. The molecular weight excluding hydrogens is 688 g/mol. The van der Waals surface area contributed by atoms with E-state index in [1.54, 1.807) is 6.21 Å². The Hall–Kier alpha value is -1.60. The standard InChI is InChI=1S/C18H16IP.C8H8BrN3S.Cu/c19-20(16-10-4-1-5-11-16,17-12-6-2-7-13-17)18-14-8-3-9-15-18;9-7-4-2-1-3-6(7)5-11-12-8(10)13;/h1-15,20H;1-5H,(H3,10,12,13);. The third kappa shape index (κ3) is 7.97. The Kier molecular flexibility index (Phi) is 12.4. The molecule has 0 aliphatic rings. The van der Waals surface area contributed by atoms with Crippen molar-refractivity contribution in [1.82, 2.24) is 5.43 Å². The van der Waals surface area contributed by atoms with Gasteiger partial charge in [0.15, 0.2) is 5.11 Å². The third-order valence-corrected chi connectivity index (χ3v) is 14.6. The molecule has 0 atom stereocenters. The van der Waals surface area contributed by atoms with Crippen molar-refractivity contribution in [1.29, 1.82) is 0 Å². The zero-order valence-corrected chi connectivity index (χ0v) is 24.5. The molecule has 0 aliphatic carbocycles. The molecular formula is C26H24BrCuIN3PS. The van der Waals surface area contributed by atoms with E-state index in [0.29, 0.717) is 0 Å². The quantitative estimate of drug-likeness (QED) is 0.0701. The molecule has 3 nitrogen and oxygen atoms in total. The van der Waals surface area contributed by atoms with E-state index in [1.165, 1.54) is 15.9 Å². The van der Waals surface area contributed by atoms with Crippen LogP contribution in [0.1, 0.15) is 5.56 Å². The van der Waals surface area contributed by atoms with E-state index in [2.05, 4.69) is 152 Å². The fraction of sp³-hybridized carbons (Fsp3) is 0. The van der Waals surface area contributed by atoms with E-state index in [4.69, 9.17) is 5.73 Å². The Bertz CT molecular complexity index is 1100. The van der Waals surface area contributed by atoms with Crippen LogP contribution in [0, 0.1) is 0 Å². The van der Waals surface area contributed by atoms with Gasteiger partial charge in [-0.3, -0.25) is 5.43 Å². The summed E-state index contributed by atoms with van der Waals surface area (Å²) in [6, 6.07) is 40.4. The maximum Gasteiger partial charge on any atom is 0.184 e. The van der Waals surface area contributed by atoms with Gasteiger partial charge in [0, 0.05) is 27.1 Å². The molecule has 0 heterocycles. The zero-order chi connectivity index (χ0) is 23.5. The third-order valence-electron chi connectivity index (χ3n) is 4.80. The van der Waals surface area contributed by atoms with Crippen LogP contribution >= 0.6 is 55.1 Å². The van der Waals surface area contributed by atoms with Gasteiger partial charge in [0.25, 0.3) is 0 Å². The molecule has 0 amide bonds. The molecule has 0 spiro atoms.